The number of halogens is 1. The number of nitrogens with one attached hydrogen (secondary N) is 1. The molecule has 0 saturated carbocycles. The lowest BCUT2D eigenvalue weighted by molar-refractivity contribution is -0.116. The number of ether oxygens (including phenoxy) is 1. The van der Waals surface area contributed by atoms with Crippen LogP contribution in [0.4, 0.5) is 5.69 Å². The molecule has 156 valence electrons. The van der Waals surface area contributed by atoms with Gasteiger partial charge in [0.1, 0.15) is 11.5 Å². The monoisotopic (exact) mass is 488 g/mol. The molecule has 0 bridgehead atoms. The Hall–Kier alpha value is -2.68. The average molecular weight is 489 g/mol. The summed E-state index contributed by atoms with van der Waals surface area (Å²) < 4.78 is 32.0. The van der Waals surface area contributed by atoms with Crippen molar-refractivity contribution in [3.8, 4) is 11.5 Å². The normalized spacial score (nSPS) is 11.3. The fourth-order valence-corrected chi connectivity index (χ4v) is 3.68. The van der Waals surface area contributed by atoms with Crippen molar-refractivity contribution in [2.24, 2.45) is 0 Å². The van der Waals surface area contributed by atoms with Gasteiger partial charge in [0.05, 0.1) is 12.8 Å². The van der Waals surface area contributed by atoms with Gasteiger partial charge in [0.15, 0.2) is 0 Å². The van der Waals surface area contributed by atoms with Gasteiger partial charge < -0.3 is 10.1 Å². The maximum Gasteiger partial charge on any atom is 0.239 e. The first-order valence-corrected chi connectivity index (χ1v) is 11.8. The highest BCUT2D eigenvalue weighted by Gasteiger charge is 2.20. The van der Waals surface area contributed by atoms with Crippen molar-refractivity contribution >= 4 is 37.5 Å². The number of anilines is 1. The minimum absolute atomic E-state index is 0.114. The standard InChI is InChI=1S/C22H21BrN2O4S/c1-30(27,28)25(15-17-7-9-18(23)10-8-17)16-22(26)24-19-11-13-21(14-12-19)29-20-5-3-2-4-6-20/h2-14H,15-16H2,1H3,(H,24,26). The number of amides is 1. The third kappa shape index (κ3) is 6.69. The van der Waals surface area contributed by atoms with Crippen molar-refractivity contribution in [1.82, 2.24) is 4.31 Å². The van der Waals surface area contributed by atoms with Crippen LogP contribution in [0.1, 0.15) is 5.56 Å². The third-order valence-electron chi connectivity index (χ3n) is 4.18. The Morgan fingerprint density at radius 3 is 2.13 bits per heavy atom. The smallest absolute Gasteiger partial charge is 0.239 e. The first kappa shape index (κ1) is 22.0. The van der Waals surface area contributed by atoms with E-state index in [1.165, 1.54) is 0 Å². The predicted molar refractivity (Wildman–Crippen MR) is 121 cm³/mol. The maximum atomic E-state index is 12.4. The van der Waals surface area contributed by atoms with Gasteiger partial charge in [-0.15, -0.1) is 0 Å². The average Bonchev–Trinajstić information content (AvgIpc) is 2.71. The molecule has 0 saturated heterocycles. The number of hydrogen-bond donors (Lipinski definition) is 1. The lowest BCUT2D eigenvalue weighted by atomic mass is 10.2. The Kier molecular flexibility index (Phi) is 7.25. The molecule has 0 heterocycles. The van der Waals surface area contributed by atoms with E-state index in [0.29, 0.717) is 17.2 Å². The highest BCUT2D eigenvalue weighted by Crippen LogP contribution is 2.22. The number of nitrogens with zero attached hydrogens (tertiary/aromatic N) is 1. The molecule has 0 aliphatic rings. The zero-order chi connectivity index (χ0) is 21.6. The van der Waals surface area contributed by atoms with E-state index in [4.69, 9.17) is 4.74 Å². The summed E-state index contributed by atoms with van der Waals surface area (Å²) in [5.74, 6) is 0.924. The number of sulfonamides is 1. The molecule has 30 heavy (non-hydrogen) atoms. The molecule has 0 unspecified atom stereocenters. The summed E-state index contributed by atoms with van der Waals surface area (Å²) in [5.41, 5.74) is 1.34. The molecule has 3 rings (SSSR count). The van der Waals surface area contributed by atoms with Crippen LogP contribution in [0.3, 0.4) is 0 Å². The summed E-state index contributed by atoms with van der Waals surface area (Å²) in [6, 6.07) is 23.5. The number of rotatable bonds is 8. The van der Waals surface area contributed by atoms with Crippen molar-refractivity contribution in [1.29, 1.82) is 0 Å². The molecule has 0 radical (unpaired) electrons. The molecule has 0 aliphatic carbocycles. The van der Waals surface area contributed by atoms with Gasteiger partial charge in [-0.3, -0.25) is 4.79 Å². The molecule has 0 spiro atoms. The van der Waals surface area contributed by atoms with Gasteiger partial charge in [-0.1, -0.05) is 46.3 Å². The van der Waals surface area contributed by atoms with Gasteiger partial charge in [0.2, 0.25) is 15.9 Å². The molecule has 1 N–H and O–H groups in total. The SMILES string of the molecule is CS(=O)(=O)N(CC(=O)Nc1ccc(Oc2ccccc2)cc1)Cc1ccc(Br)cc1. The second-order valence-corrected chi connectivity index (χ2v) is 9.54. The van der Waals surface area contributed by atoms with Crippen LogP contribution in [0.2, 0.25) is 0 Å². The van der Waals surface area contributed by atoms with Gasteiger partial charge in [0, 0.05) is 16.7 Å². The lowest BCUT2D eigenvalue weighted by Gasteiger charge is -2.19. The number of para-hydroxylation sites is 1. The van der Waals surface area contributed by atoms with Gasteiger partial charge in [-0.05, 0) is 54.1 Å². The molecule has 1 amide bonds. The summed E-state index contributed by atoms with van der Waals surface area (Å²) >= 11 is 3.35. The van der Waals surface area contributed by atoms with E-state index in [1.54, 1.807) is 24.3 Å². The molecule has 0 atom stereocenters. The summed E-state index contributed by atoms with van der Waals surface area (Å²) in [7, 11) is -3.56. The molecule has 0 fully saturated rings. The van der Waals surface area contributed by atoms with Crippen LogP contribution >= 0.6 is 15.9 Å². The van der Waals surface area contributed by atoms with Gasteiger partial charge in [0.25, 0.3) is 0 Å². The largest absolute Gasteiger partial charge is 0.457 e. The number of carbonyl (C=O) groups is 1. The predicted octanol–water partition coefficient (Wildman–Crippen LogP) is 4.64. The Balaban J connectivity index is 1.61. The van der Waals surface area contributed by atoms with Crippen molar-refractivity contribution in [3.05, 3.63) is 88.9 Å². The summed E-state index contributed by atoms with van der Waals surface area (Å²) in [6.07, 6.45) is 1.09. The van der Waals surface area contributed by atoms with Gasteiger partial charge in [-0.2, -0.15) is 4.31 Å². The molecular weight excluding hydrogens is 468 g/mol. The van der Waals surface area contributed by atoms with Crippen LogP contribution in [0.5, 0.6) is 11.5 Å². The number of carbonyl (C=O) groups excluding carboxylic acids is 1. The summed E-state index contributed by atoms with van der Waals surface area (Å²) in [5, 5.41) is 2.72. The summed E-state index contributed by atoms with van der Waals surface area (Å²) in [6.45, 7) is -0.166. The second kappa shape index (κ2) is 9.88. The van der Waals surface area contributed by atoms with E-state index in [1.807, 2.05) is 54.6 Å². The van der Waals surface area contributed by atoms with Crippen LogP contribution in [0.25, 0.3) is 0 Å². The number of hydrogen-bond acceptors (Lipinski definition) is 4. The Bertz CT molecular complexity index is 1090. The van der Waals surface area contributed by atoms with E-state index < -0.39 is 15.9 Å². The Morgan fingerprint density at radius 2 is 1.53 bits per heavy atom. The fraction of sp³-hybridized carbons (Fsp3) is 0.136. The van der Waals surface area contributed by atoms with Crippen molar-refractivity contribution < 1.29 is 17.9 Å². The van der Waals surface area contributed by atoms with Crippen LogP contribution in [-0.4, -0.2) is 31.4 Å². The van der Waals surface area contributed by atoms with Crippen molar-refractivity contribution in [2.75, 3.05) is 18.1 Å². The third-order valence-corrected chi connectivity index (χ3v) is 5.90. The van der Waals surface area contributed by atoms with Crippen molar-refractivity contribution in [3.63, 3.8) is 0 Å². The first-order chi connectivity index (χ1) is 14.3. The maximum absolute atomic E-state index is 12.4. The van der Waals surface area contributed by atoms with Crippen LogP contribution in [-0.2, 0) is 21.4 Å². The Morgan fingerprint density at radius 1 is 0.933 bits per heavy atom. The minimum atomic E-state index is -3.56. The van der Waals surface area contributed by atoms with E-state index >= 15 is 0 Å². The molecule has 3 aromatic rings. The van der Waals surface area contributed by atoms with Crippen LogP contribution in [0, 0.1) is 0 Å². The highest BCUT2D eigenvalue weighted by atomic mass is 79.9. The van der Waals surface area contributed by atoms with Gasteiger partial charge in [-0.25, -0.2) is 8.42 Å². The Labute approximate surface area is 184 Å². The minimum Gasteiger partial charge on any atom is -0.457 e. The van der Waals surface area contributed by atoms with E-state index in [9.17, 15) is 13.2 Å². The van der Waals surface area contributed by atoms with E-state index in [-0.39, 0.29) is 13.1 Å². The zero-order valence-corrected chi connectivity index (χ0v) is 18.7. The van der Waals surface area contributed by atoms with Crippen molar-refractivity contribution in [2.45, 2.75) is 6.54 Å². The first-order valence-electron chi connectivity index (χ1n) is 9.12. The molecule has 0 aliphatic heterocycles. The topological polar surface area (TPSA) is 75.7 Å². The lowest BCUT2D eigenvalue weighted by Crippen LogP contribution is -2.36. The molecular formula is C22H21BrN2O4S. The van der Waals surface area contributed by atoms with Crippen LogP contribution in [0.15, 0.2) is 83.3 Å². The second-order valence-electron chi connectivity index (χ2n) is 6.65. The van der Waals surface area contributed by atoms with E-state index in [0.717, 1.165) is 20.6 Å². The molecule has 6 nitrogen and oxygen atoms in total. The molecule has 0 aromatic heterocycles. The van der Waals surface area contributed by atoms with Crippen LogP contribution < -0.4 is 10.1 Å². The quantitative estimate of drug-likeness (QED) is 0.500. The summed E-state index contributed by atoms with van der Waals surface area (Å²) in [4.78, 5) is 12.4. The van der Waals surface area contributed by atoms with E-state index in [2.05, 4.69) is 21.2 Å². The zero-order valence-electron chi connectivity index (χ0n) is 16.3. The molecule has 3 aromatic carbocycles. The fourth-order valence-electron chi connectivity index (χ4n) is 2.68. The number of benzene rings is 3. The molecule has 8 heteroatoms. The highest BCUT2D eigenvalue weighted by molar-refractivity contribution is 9.10. The van der Waals surface area contributed by atoms with Gasteiger partial charge >= 0.3 is 0 Å².